The third kappa shape index (κ3) is 3.20. The molecule has 0 atom stereocenters. The summed E-state index contributed by atoms with van der Waals surface area (Å²) in [6.07, 6.45) is 1.99. The zero-order valence-electron chi connectivity index (χ0n) is 10.8. The van der Waals surface area contributed by atoms with Crippen LogP contribution in [0.5, 0.6) is 5.75 Å². The van der Waals surface area contributed by atoms with Crippen LogP contribution in [0, 0.1) is 6.92 Å². The minimum Gasteiger partial charge on any atom is -0.496 e. The van der Waals surface area contributed by atoms with Gasteiger partial charge < -0.3 is 4.74 Å². The van der Waals surface area contributed by atoms with Crippen LogP contribution < -0.4 is 4.74 Å². The normalized spacial score (nSPS) is 10.3. The minimum absolute atomic E-state index is 0.0435. The van der Waals surface area contributed by atoms with Gasteiger partial charge in [0.25, 0.3) is 0 Å². The number of hydrogen-bond acceptors (Lipinski definition) is 3. The van der Waals surface area contributed by atoms with Crippen molar-refractivity contribution in [2.75, 3.05) is 7.11 Å². The van der Waals surface area contributed by atoms with Gasteiger partial charge in [-0.05, 0) is 37.3 Å². The van der Waals surface area contributed by atoms with Crippen molar-refractivity contribution in [3.8, 4) is 5.75 Å². The molecule has 0 aliphatic carbocycles. The molecular formula is C15H14BrNO2. The van der Waals surface area contributed by atoms with E-state index in [-0.39, 0.29) is 5.78 Å². The van der Waals surface area contributed by atoms with E-state index in [2.05, 4.69) is 20.9 Å². The third-order valence-electron chi connectivity index (χ3n) is 2.90. The Hall–Kier alpha value is -1.68. The van der Waals surface area contributed by atoms with Crippen LogP contribution in [0.1, 0.15) is 21.6 Å². The summed E-state index contributed by atoms with van der Waals surface area (Å²) in [4.78, 5) is 16.4. The Morgan fingerprint density at radius 1 is 1.37 bits per heavy atom. The summed E-state index contributed by atoms with van der Waals surface area (Å²) in [5.74, 6) is 0.764. The van der Waals surface area contributed by atoms with Crippen molar-refractivity contribution in [1.29, 1.82) is 0 Å². The average Bonchev–Trinajstić information content (AvgIpc) is 2.39. The summed E-state index contributed by atoms with van der Waals surface area (Å²) in [6.45, 7) is 1.84. The van der Waals surface area contributed by atoms with Gasteiger partial charge in [0, 0.05) is 33.9 Å². The minimum atomic E-state index is 0.0435. The number of ether oxygens (including phenoxy) is 1. The molecule has 0 spiro atoms. The van der Waals surface area contributed by atoms with Crippen molar-refractivity contribution < 1.29 is 9.53 Å². The number of halogens is 1. The summed E-state index contributed by atoms with van der Waals surface area (Å²) in [5.41, 5.74) is 2.27. The van der Waals surface area contributed by atoms with Crippen LogP contribution in [0.15, 0.2) is 41.0 Å². The van der Waals surface area contributed by atoms with Gasteiger partial charge in [-0.1, -0.05) is 15.9 Å². The van der Waals surface area contributed by atoms with Crippen LogP contribution >= 0.6 is 15.9 Å². The molecule has 0 bridgehead atoms. The van der Waals surface area contributed by atoms with Gasteiger partial charge in [0.2, 0.25) is 0 Å². The Morgan fingerprint density at radius 2 is 2.16 bits per heavy atom. The number of aromatic nitrogens is 1. The lowest BCUT2D eigenvalue weighted by molar-refractivity contribution is 0.0991. The maximum absolute atomic E-state index is 12.3. The lowest BCUT2D eigenvalue weighted by Gasteiger charge is -2.09. The molecule has 98 valence electrons. The molecule has 1 aromatic heterocycles. The fourth-order valence-corrected chi connectivity index (χ4v) is 2.34. The number of nitrogens with zero attached hydrogens (tertiary/aromatic N) is 1. The first kappa shape index (κ1) is 13.7. The van der Waals surface area contributed by atoms with Crippen molar-refractivity contribution in [3.05, 3.63) is 57.8 Å². The molecule has 0 amide bonds. The van der Waals surface area contributed by atoms with Gasteiger partial charge >= 0.3 is 0 Å². The van der Waals surface area contributed by atoms with E-state index in [1.54, 1.807) is 25.4 Å². The van der Waals surface area contributed by atoms with Crippen LogP contribution in [0.3, 0.4) is 0 Å². The summed E-state index contributed by atoms with van der Waals surface area (Å²) < 4.78 is 6.21. The van der Waals surface area contributed by atoms with Crippen molar-refractivity contribution in [3.63, 3.8) is 0 Å². The number of methoxy groups -OCH3 is 1. The Morgan fingerprint density at radius 3 is 2.84 bits per heavy atom. The topological polar surface area (TPSA) is 39.2 Å². The molecule has 0 saturated heterocycles. The zero-order chi connectivity index (χ0) is 13.8. The molecule has 19 heavy (non-hydrogen) atoms. The van der Waals surface area contributed by atoms with E-state index in [0.29, 0.717) is 12.0 Å². The van der Waals surface area contributed by atoms with Crippen LogP contribution in [0.4, 0.5) is 0 Å². The molecule has 0 aliphatic rings. The van der Waals surface area contributed by atoms with Gasteiger partial charge in [0.1, 0.15) is 5.75 Å². The van der Waals surface area contributed by atoms with Gasteiger partial charge in [0.05, 0.1) is 7.11 Å². The number of carbonyl (C=O) groups is 1. The quantitative estimate of drug-likeness (QED) is 0.808. The Kier molecular flexibility index (Phi) is 4.32. The average molecular weight is 320 g/mol. The van der Waals surface area contributed by atoms with Gasteiger partial charge in [0.15, 0.2) is 5.78 Å². The Bertz CT molecular complexity index is 611. The number of benzene rings is 1. The number of aryl methyl sites for hydroxylation is 1. The van der Waals surface area contributed by atoms with E-state index in [1.807, 2.05) is 25.1 Å². The highest BCUT2D eigenvalue weighted by molar-refractivity contribution is 9.10. The molecule has 3 nitrogen and oxygen atoms in total. The van der Waals surface area contributed by atoms with Crippen molar-refractivity contribution in [2.45, 2.75) is 13.3 Å². The molecular weight excluding hydrogens is 306 g/mol. The molecule has 0 radical (unpaired) electrons. The number of carbonyl (C=O) groups excluding carboxylic acids is 1. The molecule has 0 aliphatic heterocycles. The second-order valence-corrected chi connectivity index (χ2v) is 5.11. The maximum Gasteiger partial charge on any atom is 0.169 e. The fraction of sp³-hybridized carbons (Fsp3) is 0.200. The number of pyridine rings is 1. The highest BCUT2D eigenvalue weighted by atomic mass is 79.9. The first-order chi connectivity index (χ1) is 9.11. The lowest BCUT2D eigenvalue weighted by Crippen LogP contribution is -2.07. The van der Waals surface area contributed by atoms with Crippen molar-refractivity contribution in [2.24, 2.45) is 0 Å². The fourth-order valence-electron chi connectivity index (χ4n) is 1.93. The monoisotopic (exact) mass is 319 g/mol. The molecule has 0 unspecified atom stereocenters. The standard InChI is InChI=1S/C15H14BrNO2/c1-10-13(4-3-7-17-10)14(18)9-11-8-12(16)5-6-15(11)19-2/h3-8H,9H2,1-2H3. The summed E-state index contributed by atoms with van der Waals surface area (Å²) >= 11 is 3.41. The smallest absolute Gasteiger partial charge is 0.169 e. The highest BCUT2D eigenvalue weighted by Gasteiger charge is 2.13. The SMILES string of the molecule is COc1ccc(Br)cc1CC(=O)c1cccnc1C. The van der Waals surface area contributed by atoms with E-state index < -0.39 is 0 Å². The second-order valence-electron chi connectivity index (χ2n) is 4.19. The predicted octanol–water partition coefficient (Wildman–Crippen LogP) is 3.59. The van der Waals surface area contributed by atoms with Crippen LogP contribution in [0.25, 0.3) is 0 Å². The number of hydrogen-bond donors (Lipinski definition) is 0. The molecule has 4 heteroatoms. The van der Waals surface area contributed by atoms with Crippen LogP contribution in [0.2, 0.25) is 0 Å². The molecule has 2 rings (SSSR count). The highest BCUT2D eigenvalue weighted by Crippen LogP contribution is 2.24. The van der Waals surface area contributed by atoms with E-state index in [1.165, 1.54) is 0 Å². The van der Waals surface area contributed by atoms with Crippen molar-refractivity contribution in [1.82, 2.24) is 4.98 Å². The van der Waals surface area contributed by atoms with E-state index in [4.69, 9.17) is 4.74 Å². The first-order valence-corrected chi connectivity index (χ1v) is 6.68. The van der Waals surface area contributed by atoms with Crippen LogP contribution in [-0.4, -0.2) is 17.9 Å². The van der Waals surface area contributed by atoms with Crippen LogP contribution in [-0.2, 0) is 6.42 Å². The van der Waals surface area contributed by atoms with Gasteiger partial charge in [-0.15, -0.1) is 0 Å². The van der Waals surface area contributed by atoms with E-state index >= 15 is 0 Å². The van der Waals surface area contributed by atoms with E-state index in [0.717, 1.165) is 21.5 Å². The second kappa shape index (κ2) is 5.97. The summed E-state index contributed by atoms with van der Waals surface area (Å²) in [5, 5.41) is 0. The summed E-state index contributed by atoms with van der Waals surface area (Å²) in [6, 6.07) is 9.22. The number of ketones is 1. The molecule has 0 fully saturated rings. The molecule has 0 saturated carbocycles. The Labute approximate surface area is 120 Å². The number of rotatable bonds is 4. The third-order valence-corrected chi connectivity index (χ3v) is 3.39. The summed E-state index contributed by atoms with van der Waals surface area (Å²) in [7, 11) is 1.60. The maximum atomic E-state index is 12.3. The molecule has 1 aromatic carbocycles. The predicted molar refractivity (Wildman–Crippen MR) is 77.7 cm³/mol. The Balaban J connectivity index is 2.29. The van der Waals surface area contributed by atoms with E-state index in [9.17, 15) is 4.79 Å². The van der Waals surface area contributed by atoms with Gasteiger partial charge in [-0.25, -0.2) is 0 Å². The van der Waals surface area contributed by atoms with Gasteiger partial charge in [-0.3, -0.25) is 9.78 Å². The molecule has 1 heterocycles. The molecule has 0 N–H and O–H groups in total. The molecule has 2 aromatic rings. The lowest BCUT2D eigenvalue weighted by atomic mass is 10.0. The van der Waals surface area contributed by atoms with Gasteiger partial charge in [-0.2, -0.15) is 0 Å². The first-order valence-electron chi connectivity index (χ1n) is 5.89. The van der Waals surface area contributed by atoms with Crippen molar-refractivity contribution >= 4 is 21.7 Å². The number of Topliss-reactive ketones (excluding diaryl/α,β-unsaturated/α-hetero) is 1. The zero-order valence-corrected chi connectivity index (χ0v) is 12.4. The largest absolute Gasteiger partial charge is 0.496 e.